The van der Waals surface area contributed by atoms with Crippen molar-refractivity contribution in [2.24, 2.45) is 5.92 Å². The lowest BCUT2D eigenvalue weighted by atomic mass is 9.91. The van der Waals surface area contributed by atoms with Gasteiger partial charge >= 0.3 is 0 Å². The number of carbonyl (C=O) groups is 1. The second-order valence-electron chi connectivity index (χ2n) is 5.11. The lowest BCUT2D eigenvalue weighted by Crippen LogP contribution is -2.05. The van der Waals surface area contributed by atoms with Gasteiger partial charge in [0.1, 0.15) is 5.82 Å². The van der Waals surface area contributed by atoms with E-state index in [1.54, 1.807) is 19.1 Å². The maximum absolute atomic E-state index is 13.3. The highest BCUT2D eigenvalue weighted by Crippen LogP contribution is 2.21. The van der Waals surface area contributed by atoms with Gasteiger partial charge in [-0.05, 0) is 49.0 Å². The van der Waals surface area contributed by atoms with Crippen LogP contribution in [0.3, 0.4) is 0 Å². The highest BCUT2D eigenvalue weighted by atomic mass is 19.1. The summed E-state index contributed by atoms with van der Waals surface area (Å²) in [6.07, 6.45) is 4.03. The summed E-state index contributed by atoms with van der Waals surface area (Å²) in [7, 11) is 0. The van der Waals surface area contributed by atoms with Crippen molar-refractivity contribution in [3.8, 4) is 0 Å². The molecule has 0 amide bonds. The first-order valence-corrected chi connectivity index (χ1v) is 7.96. The Morgan fingerprint density at radius 2 is 1.90 bits per heavy atom. The van der Waals surface area contributed by atoms with Crippen molar-refractivity contribution < 1.29 is 9.18 Å². The predicted molar refractivity (Wildman–Crippen MR) is 89.0 cm³/mol. The molecule has 0 aliphatic heterocycles. The lowest BCUT2D eigenvalue weighted by molar-refractivity contribution is -0.114. The molecule has 1 aromatic rings. The molecule has 0 aromatic heterocycles. The van der Waals surface area contributed by atoms with E-state index in [4.69, 9.17) is 0 Å². The SMILES string of the molecule is CC.CCC(=O)/C=C(/Cc1ccc(F)c(C)c1)C(C)CC. The molecular weight excluding hydrogens is 263 g/mol. The molecule has 1 rings (SSSR count). The van der Waals surface area contributed by atoms with E-state index >= 15 is 0 Å². The summed E-state index contributed by atoms with van der Waals surface area (Å²) in [4.78, 5) is 11.6. The monoisotopic (exact) mass is 292 g/mol. The molecule has 0 spiro atoms. The maximum Gasteiger partial charge on any atom is 0.155 e. The quantitative estimate of drug-likeness (QED) is 0.619. The van der Waals surface area contributed by atoms with Gasteiger partial charge in [0.25, 0.3) is 0 Å². The van der Waals surface area contributed by atoms with Gasteiger partial charge in [-0.2, -0.15) is 0 Å². The first-order chi connectivity index (χ1) is 9.97. The zero-order valence-corrected chi connectivity index (χ0v) is 14.3. The summed E-state index contributed by atoms with van der Waals surface area (Å²) < 4.78 is 13.3. The van der Waals surface area contributed by atoms with Crippen LogP contribution in [0.5, 0.6) is 0 Å². The minimum absolute atomic E-state index is 0.161. The molecule has 0 saturated heterocycles. The van der Waals surface area contributed by atoms with Crippen LogP contribution in [-0.2, 0) is 11.2 Å². The topological polar surface area (TPSA) is 17.1 Å². The van der Waals surface area contributed by atoms with Crippen LogP contribution in [-0.4, -0.2) is 5.78 Å². The minimum atomic E-state index is -0.178. The van der Waals surface area contributed by atoms with Crippen LogP contribution in [0.4, 0.5) is 4.39 Å². The lowest BCUT2D eigenvalue weighted by Gasteiger charge is -2.15. The van der Waals surface area contributed by atoms with E-state index < -0.39 is 0 Å². The number of benzene rings is 1. The Morgan fingerprint density at radius 1 is 1.29 bits per heavy atom. The fourth-order valence-corrected chi connectivity index (χ4v) is 1.99. The van der Waals surface area contributed by atoms with Gasteiger partial charge in [0.2, 0.25) is 0 Å². The Morgan fingerprint density at radius 3 is 2.38 bits per heavy atom. The number of halogens is 1. The molecular formula is C19H29FO. The van der Waals surface area contributed by atoms with Gasteiger partial charge in [0.15, 0.2) is 5.78 Å². The highest BCUT2D eigenvalue weighted by molar-refractivity contribution is 5.90. The molecule has 2 heteroatoms. The molecule has 0 bridgehead atoms. The normalized spacial score (nSPS) is 12.4. The number of hydrogen-bond acceptors (Lipinski definition) is 1. The van der Waals surface area contributed by atoms with Crippen LogP contribution < -0.4 is 0 Å². The molecule has 118 valence electrons. The molecule has 1 atom stereocenters. The zero-order chi connectivity index (χ0) is 16.4. The van der Waals surface area contributed by atoms with Crippen molar-refractivity contribution in [2.75, 3.05) is 0 Å². The summed E-state index contributed by atoms with van der Waals surface area (Å²) in [6, 6.07) is 5.16. The van der Waals surface area contributed by atoms with Gasteiger partial charge in [0.05, 0.1) is 0 Å². The van der Waals surface area contributed by atoms with E-state index in [0.717, 1.165) is 24.0 Å². The zero-order valence-electron chi connectivity index (χ0n) is 14.3. The van der Waals surface area contributed by atoms with Gasteiger partial charge in [-0.3, -0.25) is 4.79 Å². The van der Waals surface area contributed by atoms with E-state index in [-0.39, 0.29) is 11.6 Å². The number of carbonyl (C=O) groups excluding carboxylic acids is 1. The van der Waals surface area contributed by atoms with E-state index in [9.17, 15) is 9.18 Å². The van der Waals surface area contributed by atoms with Crippen molar-refractivity contribution in [1.82, 2.24) is 0 Å². The molecule has 0 fully saturated rings. The smallest absolute Gasteiger partial charge is 0.155 e. The molecule has 0 radical (unpaired) electrons. The van der Waals surface area contributed by atoms with Crippen molar-refractivity contribution >= 4 is 5.78 Å². The predicted octanol–water partition coefficient (Wildman–Crippen LogP) is 5.65. The van der Waals surface area contributed by atoms with Crippen LogP contribution in [0.2, 0.25) is 0 Å². The first kappa shape index (κ1) is 19.6. The average Bonchev–Trinajstić information content (AvgIpc) is 2.51. The number of allylic oxidation sites excluding steroid dienone is 2. The fraction of sp³-hybridized carbons (Fsp3) is 0.526. The van der Waals surface area contributed by atoms with E-state index in [2.05, 4.69) is 13.8 Å². The Labute approximate surface area is 129 Å². The Bertz CT molecular complexity index is 474. The number of ketones is 1. The number of hydrogen-bond donors (Lipinski definition) is 0. The molecule has 0 heterocycles. The van der Waals surface area contributed by atoms with Crippen LogP contribution >= 0.6 is 0 Å². The van der Waals surface area contributed by atoms with E-state index in [1.807, 2.05) is 26.8 Å². The molecule has 21 heavy (non-hydrogen) atoms. The van der Waals surface area contributed by atoms with Crippen LogP contribution in [0.1, 0.15) is 58.6 Å². The van der Waals surface area contributed by atoms with Crippen molar-refractivity contribution in [1.29, 1.82) is 0 Å². The summed E-state index contributed by atoms with van der Waals surface area (Å²) >= 11 is 0. The van der Waals surface area contributed by atoms with Crippen LogP contribution in [0, 0.1) is 18.7 Å². The first-order valence-electron chi connectivity index (χ1n) is 7.96. The number of rotatable bonds is 6. The molecule has 0 aliphatic rings. The highest BCUT2D eigenvalue weighted by Gasteiger charge is 2.10. The molecule has 0 aliphatic carbocycles. The average molecular weight is 292 g/mol. The van der Waals surface area contributed by atoms with Gasteiger partial charge in [-0.25, -0.2) is 4.39 Å². The summed E-state index contributed by atoms with van der Waals surface area (Å²) in [6.45, 7) is 11.9. The van der Waals surface area contributed by atoms with Crippen molar-refractivity contribution in [3.05, 3.63) is 46.8 Å². The summed E-state index contributed by atoms with van der Waals surface area (Å²) in [5, 5.41) is 0. The molecule has 1 aromatic carbocycles. The standard InChI is InChI=1S/C17H23FO.C2H6/c1-5-12(3)15(11-16(19)6-2)10-14-7-8-17(18)13(4)9-14;1-2/h7-9,11-12H,5-6,10H2,1-4H3;1-2H3/b15-11-;. The van der Waals surface area contributed by atoms with Crippen molar-refractivity contribution in [2.45, 2.75) is 60.8 Å². The van der Waals surface area contributed by atoms with Crippen LogP contribution in [0.15, 0.2) is 29.8 Å². The third-order valence-corrected chi connectivity index (χ3v) is 3.57. The molecule has 0 N–H and O–H groups in total. The second kappa shape index (κ2) is 10.3. The van der Waals surface area contributed by atoms with Crippen molar-refractivity contribution in [3.63, 3.8) is 0 Å². The third kappa shape index (κ3) is 6.70. The largest absolute Gasteiger partial charge is 0.295 e. The van der Waals surface area contributed by atoms with Gasteiger partial charge in [-0.1, -0.05) is 52.3 Å². The number of aryl methyl sites for hydroxylation is 1. The molecule has 1 nitrogen and oxygen atoms in total. The van der Waals surface area contributed by atoms with Gasteiger partial charge in [-0.15, -0.1) is 0 Å². The Balaban J connectivity index is 0.00000191. The molecule has 1 unspecified atom stereocenters. The summed E-state index contributed by atoms with van der Waals surface area (Å²) in [5.41, 5.74) is 2.86. The van der Waals surface area contributed by atoms with Gasteiger partial charge in [0, 0.05) is 6.42 Å². The van der Waals surface area contributed by atoms with E-state index in [1.165, 1.54) is 6.07 Å². The van der Waals surface area contributed by atoms with Gasteiger partial charge < -0.3 is 0 Å². The Hall–Kier alpha value is -1.44. The fourth-order valence-electron chi connectivity index (χ4n) is 1.99. The maximum atomic E-state index is 13.3. The molecule has 0 saturated carbocycles. The van der Waals surface area contributed by atoms with Crippen LogP contribution in [0.25, 0.3) is 0 Å². The minimum Gasteiger partial charge on any atom is -0.295 e. The summed E-state index contributed by atoms with van der Waals surface area (Å²) in [5.74, 6) is 0.359. The van der Waals surface area contributed by atoms with E-state index in [0.29, 0.717) is 17.9 Å². The third-order valence-electron chi connectivity index (χ3n) is 3.57. The Kier molecular flexibility index (Phi) is 9.60. The second-order valence-corrected chi connectivity index (χ2v) is 5.11.